The van der Waals surface area contributed by atoms with Gasteiger partial charge in [-0.25, -0.2) is 4.98 Å². The number of piperidine rings is 1. The van der Waals surface area contributed by atoms with Crippen LogP contribution in [-0.4, -0.2) is 40.7 Å². The van der Waals surface area contributed by atoms with Crippen LogP contribution in [0, 0.1) is 12.8 Å². The minimum atomic E-state index is 0.00273. The van der Waals surface area contributed by atoms with E-state index in [0.29, 0.717) is 11.2 Å². The van der Waals surface area contributed by atoms with E-state index in [-0.39, 0.29) is 5.91 Å². The standard InChI is InChI=1S/C19H23N3OS2/c1-4-22-8-7-13-16(10-22)25-18(20-12(3)23)17(13)19-21-14-9-11(2)5-6-15(14)24-19/h5-6,9,13,16H,4,7-8,10H2,1-3H3,(H,20,23). The Balaban J connectivity index is 1.75. The summed E-state index contributed by atoms with van der Waals surface area (Å²) < 4.78 is 1.22. The molecule has 1 aromatic heterocycles. The molecule has 0 bridgehead atoms. The lowest BCUT2D eigenvalue weighted by Crippen LogP contribution is -2.40. The predicted molar refractivity (Wildman–Crippen MR) is 107 cm³/mol. The van der Waals surface area contributed by atoms with Gasteiger partial charge in [0.15, 0.2) is 0 Å². The van der Waals surface area contributed by atoms with Crippen molar-refractivity contribution in [2.24, 2.45) is 5.92 Å². The Morgan fingerprint density at radius 1 is 1.44 bits per heavy atom. The molecule has 1 saturated heterocycles. The minimum Gasteiger partial charge on any atom is -0.321 e. The second kappa shape index (κ2) is 6.74. The number of amides is 1. The van der Waals surface area contributed by atoms with Crippen molar-refractivity contribution in [2.75, 3.05) is 19.6 Å². The lowest BCUT2D eigenvalue weighted by Gasteiger charge is -2.34. The number of allylic oxidation sites excluding steroid dienone is 1. The van der Waals surface area contributed by atoms with Crippen LogP contribution >= 0.6 is 23.1 Å². The molecule has 2 aliphatic heterocycles. The molecule has 1 N–H and O–H groups in total. The fraction of sp³-hybridized carbons (Fsp3) is 0.474. The van der Waals surface area contributed by atoms with E-state index >= 15 is 0 Å². The number of rotatable bonds is 3. The maximum absolute atomic E-state index is 11.7. The molecule has 2 unspecified atom stereocenters. The molecule has 0 aliphatic carbocycles. The van der Waals surface area contributed by atoms with E-state index in [9.17, 15) is 4.79 Å². The summed E-state index contributed by atoms with van der Waals surface area (Å²) in [6, 6.07) is 6.44. The number of thioether (sulfide) groups is 1. The highest BCUT2D eigenvalue weighted by molar-refractivity contribution is 8.04. The fourth-order valence-electron chi connectivity index (χ4n) is 3.77. The van der Waals surface area contributed by atoms with E-state index in [1.54, 1.807) is 18.3 Å². The number of nitrogens with zero attached hydrogens (tertiary/aromatic N) is 2. The normalized spacial score (nSPS) is 24.0. The van der Waals surface area contributed by atoms with Crippen LogP contribution in [0.15, 0.2) is 23.2 Å². The third kappa shape index (κ3) is 3.23. The van der Waals surface area contributed by atoms with Crippen molar-refractivity contribution in [1.82, 2.24) is 15.2 Å². The van der Waals surface area contributed by atoms with Crippen LogP contribution in [0.25, 0.3) is 15.8 Å². The molecule has 0 spiro atoms. The zero-order chi connectivity index (χ0) is 17.6. The molecule has 2 aliphatic rings. The summed E-state index contributed by atoms with van der Waals surface area (Å²) in [5, 5.41) is 5.70. The Morgan fingerprint density at radius 2 is 2.28 bits per heavy atom. The highest BCUT2D eigenvalue weighted by Gasteiger charge is 2.41. The number of fused-ring (bicyclic) bond motifs is 2. The summed E-state index contributed by atoms with van der Waals surface area (Å²) in [4.78, 5) is 19.2. The quantitative estimate of drug-likeness (QED) is 0.887. The molecule has 1 amide bonds. The van der Waals surface area contributed by atoms with Gasteiger partial charge in [-0.15, -0.1) is 23.1 Å². The zero-order valence-electron chi connectivity index (χ0n) is 14.8. The predicted octanol–water partition coefficient (Wildman–Crippen LogP) is 3.87. The van der Waals surface area contributed by atoms with E-state index < -0.39 is 0 Å². The monoisotopic (exact) mass is 373 g/mol. The van der Waals surface area contributed by atoms with E-state index in [1.165, 1.54) is 15.8 Å². The molecule has 1 aromatic carbocycles. The van der Waals surface area contributed by atoms with Gasteiger partial charge in [-0.05, 0) is 44.1 Å². The lowest BCUT2D eigenvalue weighted by molar-refractivity contribution is -0.118. The zero-order valence-corrected chi connectivity index (χ0v) is 16.5. The second-order valence-electron chi connectivity index (χ2n) is 6.86. The van der Waals surface area contributed by atoms with Gasteiger partial charge in [0, 0.05) is 30.2 Å². The van der Waals surface area contributed by atoms with Crippen LogP contribution in [0.4, 0.5) is 0 Å². The van der Waals surface area contributed by atoms with Gasteiger partial charge in [-0.1, -0.05) is 13.0 Å². The summed E-state index contributed by atoms with van der Waals surface area (Å²) in [5.41, 5.74) is 3.56. The van der Waals surface area contributed by atoms with E-state index in [0.717, 1.165) is 41.6 Å². The molecule has 3 heterocycles. The summed E-state index contributed by atoms with van der Waals surface area (Å²) in [5.74, 6) is 0.485. The average Bonchev–Trinajstić information content (AvgIpc) is 3.13. The SMILES string of the molecule is CCN1CCC2C(c3nc4cc(C)ccc4s3)=C(NC(C)=O)SC2C1. The number of hydrogen-bond acceptors (Lipinski definition) is 5. The van der Waals surface area contributed by atoms with Crippen LogP contribution in [0.1, 0.15) is 30.8 Å². The highest BCUT2D eigenvalue weighted by Crippen LogP contribution is 2.50. The van der Waals surface area contributed by atoms with Crippen LogP contribution in [0.2, 0.25) is 0 Å². The number of nitrogens with one attached hydrogen (secondary N) is 1. The van der Waals surface area contributed by atoms with Crippen molar-refractivity contribution in [2.45, 2.75) is 32.4 Å². The fourth-order valence-corrected chi connectivity index (χ4v) is 6.49. The number of aromatic nitrogens is 1. The van der Waals surface area contributed by atoms with Crippen molar-refractivity contribution in [3.05, 3.63) is 33.8 Å². The highest BCUT2D eigenvalue weighted by atomic mass is 32.2. The van der Waals surface area contributed by atoms with Crippen molar-refractivity contribution in [3.63, 3.8) is 0 Å². The Kier molecular flexibility index (Phi) is 4.60. The first-order chi connectivity index (χ1) is 12.0. The van der Waals surface area contributed by atoms with Gasteiger partial charge in [0.25, 0.3) is 0 Å². The summed E-state index contributed by atoms with van der Waals surface area (Å²) >= 11 is 3.58. The van der Waals surface area contributed by atoms with Crippen LogP contribution < -0.4 is 5.32 Å². The topological polar surface area (TPSA) is 45.2 Å². The second-order valence-corrected chi connectivity index (χ2v) is 9.14. The Bertz CT molecular complexity index is 857. The third-order valence-electron chi connectivity index (χ3n) is 5.04. The molecule has 0 saturated carbocycles. The van der Waals surface area contributed by atoms with Gasteiger partial charge >= 0.3 is 0 Å². The van der Waals surface area contributed by atoms with E-state index in [1.807, 2.05) is 11.8 Å². The van der Waals surface area contributed by atoms with Crippen molar-refractivity contribution in [1.29, 1.82) is 0 Å². The molecule has 6 heteroatoms. The van der Waals surface area contributed by atoms with Crippen LogP contribution in [-0.2, 0) is 4.79 Å². The first kappa shape index (κ1) is 17.1. The number of carbonyl (C=O) groups is 1. The number of carbonyl (C=O) groups excluding carboxylic acids is 1. The smallest absolute Gasteiger partial charge is 0.221 e. The molecule has 1 fully saturated rings. The molecular formula is C19H23N3OS2. The summed E-state index contributed by atoms with van der Waals surface area (Å²) in [7, 11) is 0. The third-order valence-corrected chi connectivity index (χ3v) is 7.45. The van der Waals surface area contributed by atoms with Crippen LogP contribution in [0.3, 0.4) is 0 Å². The number of aryl methyl sites for hydroxylation is 1. The van der Waals surface area contributed by atoms with E-state index in [4.69, 9.17) is 4.98 Å². The molecule has 4 rings (SSSR count). The van der Waals surface area contributed by atoms with Gasteiger partial charge in [0.2, 0.25) is 5.91 Å². The van der Waals surface area contributed by atoms with Gasteiger partial charge in [-0.3, -0.25) is 4.79 Å². The van der Waals surface area contributed by atoms with Crippen LogP contribution in [0.5, 0.6) is 0 Å². The number of thiazole rings is 1. The minimum absolute atomic E-state index is 0.00273. The van der Waals surface area contributed by atoms with Crippen molar-refractivity contribution >= 4 is 44.8 Å². The maximum Gasteiger partial charge on any atom is 0.221 e. The van der Waals surface area contributed by atoms with Crippen molar-refractivity contribution < 1.29 is 4.79 Å². The van der Waals surface area contributed by atoms with Gasteiger partial charge in [0.05, 0.1) is 15.2 Å². The van der Waals surface area contributed by atoms with E-state index in [2.05, 4.69) is 42.3 Å². The van der Waals surface area contributed by atoms with Gasteiger partial charge < -0.3 is 10.2 Å². The average molecular weight is 374 g/mol. The lowest BCUT2D eigenvalue weighted by atomic mass is 9.89. The molecule has 2 aromatic rings. The molecule has 0 radical (unpaired) electrons. The first-order valence-electron chi connectivity index (χ1n) is 8.83. The molecule has 25 heavy (non-hydrogen) atoms. The Labute approximate surface area is 156 Å². The molecule has 4 nitrogen and oxygen atoms in total. The van der Waals surface area contributed by atoms with Gasteiger partial charge in [-0.2, -0.15) is 0 Å². The maximum atomic E-state index is 11.7. The molecule has 2 atom stereocenters. The largest absolute Gasteiger partial charge is 0.321 e. The Morgan fingerprint density at radius 3 is 3.04 bits per heavy atom. The number of benzene rings is 1. The number of likely N-dealkylation sites (tertiary alicyclic amines) is 1. The van der Waals surface area contributed by atoms with Gasteiger partial charge in [0.1, 0.15) is 5.01 Å². The molecular weight excluding hydrogens is 350 g/mol. The summed E-state index contributed by atoms with van der Waals surface area (Å²) in [6.45, 7) is 9.21. The van der Waals surface area contributed by atoms with Crippen molar-refractivity contribution in [3.8, 4) is 0 Å². The first-order valence-corrected chi connectivity index (χ1v) is 10.5. The molecule has 132 valence electrons. The summed E-state index contributed by atoms with van der Waals surface area (Å²) in [6.07, 6.45) is 1.14. The number of hydrogen-bond donors (Lipinski definition) is 1. The Hall–Kier alpha value is -1.37.